The fourth-order valence-electron chi connectivity index (χ4n) is 2.06. The second-order valence-electron chi connectivity index (χ2n) is 4.23. The van der Waals surface area contributed by atoms with Gasteiger partial charge in [0, 0.05) is 11.6 Å². The van der Waals surface area contributed by atoms with Crippen LogP contribution in [0, 0.1) is 0 Å². The number of hydrogen-bond acceptors (Lipinski definition) is 2. The van der Waals surface area contributed by atoms with E-state index in [-0.39, 0.29) is 0 Å². The number of benzene rings is 3. The summed E-state index contributed by atoms with van der Waals surface area (Å²) >= 11 is 1.46. The summed E-state index contributed by atoms with van der Waals surface area (Å²) in [5.41, 5.74) is 0. The van der Waals surface area contributed by atoms with Gasteiger partial charge in [-0.15, -0.1) is 0 Å². The smallest absolute Gasteiger partial charge is 0.0406 e. The summed E-state index contributed by atoms with van der Waals surface area (Å²) in [6, 6.07) is 23.3. The van der Waals surface area contributed by atoms with Crippen molar-refractivity contribution < 1.29 is 0 Å². The van der Waals surface area contributed by atoms with E-state index in [1.165, 1.54) is 33.1 Å². The van der Waals surface area contributed by atoms with Gasteiger partial charge in [0.15, 0.2) is 0 Å². The SMILES string of the molecule is c1ccc2cc3ccccc3cc2c1.c1cnsc1. The van der Waals surface area contributed by atoms with Crippen molar-refractivity contribution in [2.24, 2.45) is 0 Å². The van der Waals surface area contributed by atoms with Crippen LogP contribution in [0.1, 0.15) is 0 Å². The van der Waals surface area contributed by atoms with Crippen molar-refractivity contribution in [2.45, 2.75) is 0 Å². The van der Waals surface area contributed by atoms with Crippen LogP contribution in [0.25, 0.3) is 21.5 Å². The minimum Gasteiger partial charge on any atom is -0.201 e. The highest BCUT2D eigenvalue weighted by atomic mass is 32.1. The van der Waals surface area contributed by atoms with Gasteiger partial charge in [-0.25, -0.2) is 4.37 Å². The van der Waals surface area contributed by atoms with E-state index in [9.17, 15) is 0 Å². The molecule has 2 heteroatoms. The summed E-state index contributed by atoms with van der Waals surface area (Å²) < 4.78 is 3.76. The number of rotatable bonds is 0. The molecule has 4 aromatic rings. The topological polar surface area (TPSA) is 12.9 Å². The molecule has 92 valence electrons. The first-order valence-electron chi connectivity index (χ1n) is 6.15. The van der Waals surface area contributed by atoms with E-state index in [4.69, 9.17) is 0 Å². The van der Waals surface area contributed by atoms with Gasteiger partial charge in [0.05, 0.1) is 0 Å². The quantitative estimate of drug-likeness (QED) is 0.400. The Labute approximate surface area is 116 Å². The summed E-state index contributed by atoms with van der Waals surface area (Å²) in [6.45, 7) is 0. The fraction of sp³-hybridized carbons (Fsp3) is 0. The standard InChI is InChI=1S/C14H10.C3H3NS/c1-2-6-12-10-14-8-4-3-7-13(14)9-11(12)5-1;1-2-4-5-3-1/h1-10H;1-3H. The van der Waals surface area contributed by atoms with Gasteiger partial charge in [0.1, 0.15) is 0 Å². The highest BCUT2D eigenvalue weighted by Crippen LogP contribution is 2.21. The molecule has 1 aromatic heterocycles. The van der Waals surface area contributed by atoms with Crippen molar-refractivity contribution in [1.29, 1.82) is 0 Å². The lowest BCUT2D eigenvalue weighted by molar-refractivity contribution is 1.58. The van der Waals surface area contributed by atoms with Gasteiger partial charge in [0.2, 0.25) is 0 Å². The van der Waals surface area contributed by atoms with Crippen molar-refractivity contribution in [3.05, 3.63) is 78.3 Å². The van der Waals surface area contributed by atoms with Crippen molar-refractivity contribution in [3.63, 3.8) is 0 Å². The van der Waals surface area contributed by atoms with Gasteiger partial charge in [-0.3, -0.25) is 0 Å². The number of hydrogen-bond donors (Lipinski definition) is 0. The van der Waals surface area contributed by atoms with Crippen molar-refractivity contribution in [3.8, 4) is 0 Å². The molecule has 0 N–H and O–H groups in total. The van der Waals surface area contributed by atoms with Crippen molar-refractivity contribution in [2.75, 3.05) is 0 Å². The fourth-order valence-corrected chi connectivity index (χ4v) is 2.41. The summed E-state index contributed by atoms with van der Waals surface area (Å²) in [6.07, 6.45) is 1.77. The summed E-state index contributed by atoms with van der Waals surface area (Å²) in [5, 5.41) is 7.18. The first-order chi connectivity index (χ1) is 9.43. The van der Waals surface area contributed by atoms with Crippen LogP contribution in [0.2, 0.25) is 0 Å². The highest BCUT2D eigenvalue weighted by Gasteiger charge is 1.95. The Bertz CT molecular complexity index is 653. The predicted molar refractivity (Wildman–Crippen MR) is 83.6 cm³/mol. The Balaban J connectivity index is 0.000000187. The van der Waals surface area contributed by atoms with Crippen LogP contribution in [0.3, 0.4) is 0 Å². The first kappa shape index (κ1) is 11.9. The molecule has 0 saturated carbocycles. The minimum absolute atomic E-state index is 1.31. The molecule has 0 amide bonds. The molecule has 1 heterocycles. The monoisotopic (exact) mass is 263 g/mol. The molecule has 0 saturated heterocycles. The molecule has 0 spiro atoms. The Hall–Kier alpha value is -2.19. The second kappa shape index (κ2) is 5.63. The third-order valence-electron chi connectivity index (χ3n) is 2.96. The predicted octanol–water partition coefficient (Wildman–Crippen LogP) is 5.14. The summed E-state index contributed by atoms with van der Waals surface area (Å²) in [7, 11) is 0. The van der Waals surface area contributed by atoms with Crippen LogP contribution in [0.4, 0.5) is 0 Å². The van der Waals surface area contributed by atoms with Crippen molar-refractivity contribution >= 4 is 33.1 Å². The van der Waals surface area contributed by atoms with Gasteiger partial charge in [0.25, 0.3) is 0 Å². The van der Waals surface area contributed by atoms with Crippen LogP contribution in [0.5, 0.6) is 0 Å². The van der Waals surface area contributed by atoms with Gasteiger partial charge < -0.3 is 0 Å². The Kier molecular flexibility index (Phi) is 3.52. The number of nitrogens with zero attached hydrogens (tertiary/aromatic N) is 1. The van der Waals surface area contributed by atoms with Crippen molar-refractivity contribution in [1.82, 2.24) is 4.37 Å². The average molecular weight is 263 g/mol. The van der Waals surface area contributed by atoms with Crippen LogP contribution in [-0.4, -0.2) is 4.37 Å². The lowest BCUT2D eigenvalue weighted by Crippen LogP contribution is -1.74. The number of fused-ring (bicyclic) bond motifs is 2. The lowest BCUT2D eigenvalue weighted by Gasteiger charge is -2.00. The van der Waals surface area contributed by atoms with Crippen LogP contribution >= 0.6 is 11.5 Å². The molecular formula is C17H13NS. The van der Waals surface area contributed by atoms with Gasteiger partial charge >= 0.3 is 0 Å². The Morgan fingerprint density at radius 2 is 1.11 bits per heavy atom. The summed E-state index contributed by atoms with van der Waals surface area (Å²) in [5.74, 6) is 0. The largest absolute Gasteiger partial charge is 0.201 e. The Morgan fingerprint density at radius 3 is 1.37 bits per heavy atom. The lowest BCUT2D eigenvalue weighted by atomic mass is 10.0. The zero-order valence-corrected chi connectivity index (χ0v) is 11.2. The molecule has 0 fully saturated rings. The highest BCUT2D eigenvalue weighted by molar-refractivity contribution is 7.03. The molecule has 3 aromatic carbocycles. The molecule has 4 rings (SSSR count). The molecule has 1 nitrogen and oxygen atoms in total. The van der Waals surface area contributed by atoms with E-state index >= 15 is 0 Å². The maximum absolute atomic E-state index is 3.76. The van der Waals surface area contributed by atoms with Gasteiger partial charge in [-0.1, -0.05) is 48.5 Å². The van der Waals surface area contributed by atoms with Crippen LogP contribution in [-0.2, 0) is 0 Å². The van der Waals surface area contributed by atoms with Gasteiger partial charge in [-0.05, 0) is 51.3 Å². The molecular weight excluding hydrogens is 250 g/mol. The molecule has 0 aliphatic heterocycles. The Morgan fingerprint density at radius 1 is 0.632 bits per heavy atom. The maximum atomic E-state index is 3.76. The van der Waals surface area contributed by atoms with E-state index in [1.54, 1.807) is 6.20 Å². The van der Waals surface area contributed by atoms with E-state index < -0.39 is 0 Å². The average Bonchev–Trinajstić information content (AvgIpc) is 3.04. The molecule has 0 atom stereocenters. The maximum Gasteiger partial charge on any atom is 0.0406 e. The first-order valence-corrected chi connectivity index (χ1v) is 6.99. The molecule has 0 bridgehead atoms. The zero-order chi connectivity index (χ0) is 12.9. The normalized spacial score (nSPS) is 10.1. The van der Waals surface area contributed by atoms with E-state index in [0.29, 0.717) is 0 Å². The molecule has 0 unspecified atom stereocenters. The third-order valence-corrected chi connectivity index (χ3v) is 3.48. The van der Waals surface area contributed by atoms with Crippen LogP contribution in [0.15, 0.2) is 78.3 Å². The van der Waals surface area contributed by atoms with E-state index in [0.717, 1.165) is 0 Å². The molecule has 0 radical (unpaired) electrons. The minimum atomic E-state index is 1.31. The number of aromatic nitrogens is 1. The molecule has 0 aliphatic carbocycles. The summed E-state index contributed by atoms with van der Waals surface area (Å²) in [4.78, 5) is 0. The van der Waals surface area contributed by atoms with E-state index in [2.05, 4.69) is 65.0 Å². The third kappa shape index (κ3) is 2.80. The molecule has 19 heavy (non-hydrogen) atoms. The van der Waals surface area contributed by atoms with Gasteiger partial charge in [-0.2, -0.15) is 0 Å². The molecule has 0 aliphatic rings. The van der Waals surface area contributed by atoms with E-state index in [1.807, 2.05) is 11.4 Å². The zero-order valence-electron chi connectivity index (χ0n) is 10.4. The van der Waals surface area contributed by atoms with Crippen LogP contribution < -0.4 is 0 Å². The second-order valence-corrected chi connectivity index (χ2v) is 4.93.